The molecule has 0 radical (unpaired) electrons. The summed E-state index contributed by atoms with van der Waals surface area (Å²) in [6.07, 6.45) is -7.56. The Morgan fingerprint density at radius 2 is 1.71 bits per heavy atom. The van der Waals surface area contributed by atoms with Crippen molar-refractivity contribution < 1.29 is 48.6 Å². The van der Waals surface area contributed by atoms with Crippen molar-refractivity contribution in [2.45, 2.75) is 37.6 Å². The Morgan fingerprint density at radius 1 is 1.00 bits per heavy atom. The number of phenols is 1. The number of ether oxygens (including phenoxy) is 4. The summed E-state index contributed by atoms with van der Waals surface area (Å²) >= 11 is 0. The molecule has 11 nitrogen and oxygen atoms in total. The van der Waals surface area contributed by atoms with E-state index in [0.717, 1.165) is 6.07 Å². The average Bonchev–Trinajstić information content (AvgIpc) is 2.83. The quantitative estimate of drug-likeness (QED) is 0.365. The van der Waals surface area contributed by atoms with Gasteiger partial charge in [0.15, 0.2) is 5.43 Å². The second-order valence-electron chi connectivity index (χ2n) is 7.95. The first kappa shape index (κ1) is 24.5. The Morgan fingerprint density at radius 3 is 2.37 bits per heavy atom. The molecule has 1 aromatic heterocycles. The molecule has 11 heteroatoms. The molecule has 4 N–H and O–H groups in total. The lowest BCUT2D eigenvalue weighted by atomic mass is 9.99. The topological polar surface area (TPSA) is 165 Å². The van der Waals surface area contributed by atoms with Crippen molar-refractivity contribution in [1.82, 2.24) is 0 Å². The summed E-state index contributed by atoms with van der Waals surface area (Å²) in [6, 6.07) is 10.5. The number of esters is 1. The minimum atomic E-state index is -1.67. The number of aromatic hydroxyl groups is 1. The standard InChI is InChI=1S/C24H24O11/c1-11(25)32-10-19-21(28)22(29)23(30)24(35-19)33-14-7-15(26)20-16(27)9-17(34-18(20)8-14)12-3-5-13(31-2)6-4-12/h3-9,19,21-24,26,28-30H,10H2,1-2H3. The number of rotatable bonds is 6. The normalized spacial score (nSPS) is 24.2. The molecular weight excluding hydrogens is 464 g/mol. The molecule has 0 saturated carbocycles. The molecule has 1 saturated heterocycles. The van der Waals surface area contributed by atoms with E-state index in [1.54, 1.807) is 24.3 Å². The number of methoxy groups -OCH3 is 1. The molecule has 2 aromatic carbocycles. The lowest BCUT2D eigenvalue weighted by molar-refractivity contribution is -0.278. The monoisotopic (exact) mass is 488 g/mol. The van der Waals surface area contributed by atoms with E-state index < -0.39 is 47.9 Å². The lowest BCUT2D eigenvalue weighted by Gasteiger charge is -2.39. The van der Waals surface area contributed by atoms with Crippen LogP contribution in [0, 0.1) is 0 Å². The molecular formula is C24H24O11. The molecule has 0 aliphatic carbocycles. The van der Waals surface area contributed by atoms with Gasteiger partial charge in [-0.05, 0) is 24.3 Å². The number of carbonyl (C=O) groups excluding carboxylic acids is 1. The molecule has 186 valence electrons. The number of aliphatic hydroxyl groups excluding tert-OH is 3. The van der Waals surface area contributed by atoms with E-state index in [0.29, 0.717) is 11.3 Å². The number of aliphatic hydroxyl groups is 3. The Labute approximate surface area is 198 Å². The predicted molar refractivity (Wildman–Crippen MR) is 120 cm³/mol. The van der Waals surface area contributed by atoms with Crippen LogP contribution in [0.5, 0.6) is 17.2 Å². The maximum absolute atomic E-state index is 12.7. The third-order valence-electron chi connectivity index (χ3n) is 5.53. The summed E-state index contributed by atoms with van der Waals surface area (Å²) in [6.45, 7) is 0.781. The molecule has 1 aliphatic heterocycles. The number of fused-ring (bicyclic) bond motifs is 1. The molecule has 2 heterocycles. The molecule has 5 unspecified atom stereocenters. The van der Waals surface area contributed by atoms with Crippen molar-refractivity contribution >= 4 is 16.9 Å². The maximum atomic E-state index is 12.7. The zero-order chi connectivity index (χ0) is 25.3. The lowest BCUT2D eigenvalue weighted by Crippen LogP contribution is -2.60. The molecule has 35 heavy (non-hydrogen) atoms. The van der Waals surface area contributed by atoms with Gasteiger partial charge in [-0.25, -0.2) is 0 Å². The van der Waals surface area contributed by atoms with Crippen molar-refractivity contribution in [2.75, 3.05) is 13.7 Å². The second kappa shape index (κ2) is 9.92. The summed E-state index contributed by atoms with van der Waals surface area (Å²) in [5, 5.41) is 41.0. The number of benzene rings is 2. The third kappa shape index (κ3) is 5.08. The SMILES string of the molecule is COc1ccc(-c2cc(=O)c3c(O)cc(OC4OC(COC(C)=O)C(O)C(O)C4O)cc3o2)cc1. The van der Waals surface area contributed by atoms with Crippen molar-refractivity contribution in [3.63, 3.8) is 0 Å². The van der Waals surface area contributed by atoms with Gasteiger partial charge in [0.1, 0.15) is 65.0 Å². The van der Waals surface area contributed by atoms with Crippen LogP contribution in [0.25, 0.3) is 22.3 Å². The Hall–Kier alpha value is -3.64. The van der Waals surface area contributed by atoms with Crippen LogP contribution in [0.15, 0.2) is 51.7 Å². The number of hydrogen-bond acceptors (Lipinski definition) is 11. The zero-order valence-electron chi connectivity index (χ0n) is 18.8. The zero-order valence-corrected chi connectivity index (χ0v) is 18.8. The van der Waals surface area contributed by atoms with E-state index in [2.05, 4.69) is 0 Å². The maximum Gasteiger partial charge on any atom is 0.302 e. The van der Waals surface area contributed by atoms with E-state index in [9.17, 15) is 30.0 Å². The molecule has 1 fully saturated rings. The van der Waals surface area contributed by atoms with Gasteiger partial charge < -0.3 is 43.8 Å². The van der Waals surface area contributed by atoms with E-state index in [-0.39, 0.29) is 29.1 Å². The van der Waals surface area contributed by atoms with Gasteiger partial charge in [0, 0.05) is 30.7 Å². The fraction of sp³-hybridized carbons (Fsp3) is 0.333. The van der Waals surface area contributed by atoms with E-state index in [1.807, 2.05) is 0 Å². The van der Waals surface area contributed by atoms with Crippen LogP contribution >= 0.6 is 0 Å². The highest BCUT2D eigenvalue weighted by Gasteiger charge is 2.45. The van der Waals surface area contributed by atoms with Gasteiger partial charge >= 0.3 is 5.97 Å². The van der Waals surface area contributed by atoms with Crippen LogP contribution in [0.4, 0.5) is 0 Å². The van der Waals surface area contributed by atoms with Crippen LogP contribution in [0.2, 0.25) is 0 Å². The van der Waals surface area contributed by atoms with Crippen molar-refractivity contribution in [2.24, 2.45) is 0 Å². The van der Waals surface area contributed by atoms with Crippen molar-refractivity contribution in [1.29, 1.82) is 0 Å². The first-order valence-electron chi connectivity index (χ1n) is 10.6. The fourth-order valence-corrected chi connectivity index (χ4v) is 3.69. The highest BCUT2D eigenvalue weighted by Crippen LogP contribution is 2.33. The Balaban J connectivity index is 1.64. The highest BCUT2D eigenvalue weighted by atomic mass is 16.7. The molecule has 0 bridgehead atoms. The summed E-state index contributed by atoms with van der Waals surface area (Å²) in [4.78, 5) is 23.8. The van der Waals surface area contributed by atoms with E-state index in [4.69, 9.17) is 23.4 Å². The molecule has 5 atom stereocenters. The van der Waals surface area contributed by atoms with Gasteiger partial charge in [-0.1, -0.05) is 0 Å². The van der Waals surface area contributed by atoms with Crippen molar-refractivity contribution in [3.8, 4) is 28.6 Å². The summed E-state index contributed by atoms with van der Waals surface area (Å²) < 4.78 is 26.9. The molecule has 1 aliphatic rings. The minimum absolute atomic E-state index is 0.000614. The van der Waals surface area contributed by atoms with Gasteiger partial charge in [0.2, 0.25) is 6.29 Å². The van der Waals surface area contributed by atoms with E-state index in [1.165, 1.54) is 26.2 Å². The van der Waals surface area contributed by atoms with Gasteiger partial charge in [0.05, 0.1) is 7.11 Å². The fourth-order valence-electron chi connectivity index (χ4n) is 3.69. The van der Waals surface area contributed by atoms with Gasteiger partial charge in [-0.15, -0.1) is 0 Å². The molecule has 4 rings (SSSR count). The van der Waals surface area contributed by atoms with Gasteiger partial charge in [-0.3, -0.25) is 9.59 Å². The molecule has 3 aromatic rings. The van der Waals surface area contributed by atoms with Crippen LogP contribution < -0.4 is 14.9 Å². The van der Waals surface area contributed by atoms with Gasteiger partial charge in [-0.2, -0.15) is 0 Å². The minimum Gasteiger partial charge on any atom is -0.507 e. The number of carbonyl (C=O) groups is 1. The average molecular weight is 488 g/mol. The Kier molecular flexibility index (Phi) is 6.94. The first-order chi connectivity index (χ1) is 16.7. The van der Waals surface area contributed by atoms with Crippen LogP contribution in [-0.2, 0) is 14.3 Å². The largest absolute Gasteiger partial charge is 0.507 e. The van der Waals surface area contributed by atoms with E-state index >= 15 is 0 Å². The van der Waals surface area contributed by atoms with Crippen LogP contribution in [0.1, 0.15) is 6.92 Å². The number of hydrogen-bond donors (Lipinski definition) is 4. The third-order valence-corrected chi connectivity index (χ3v) is 5.53. The van der Waals surface area contributed by atoms with Crippen molar-refractivity contribution in [3.05, 3.63) is 52.7 Å². The first-order valence-corrected chi connectivity index (χ1v) is 10.6. The predicted octanol–water partition coefficient (Wildman–Crippen LogP) is 0.924. The van der Waals surface area contributed by atoms with Crippen LogP contribution in [0.3, 0.4) is 0 Å². The summed E-state index contributed by atoms with van der Waals surface area (Å²) in [7, 11) is 1.53. The Bertz CT molecular complexity index is 1270. The smallest absolute Gasteiger partial charge is 0.302 e. The molecule has 0 spiro atoms. The van der Waals surface area contributed by atoms with Gasteiger partial charge in [0.25, 0.3) is 0 Å². The molecule has 0 amide bonds. The highest BCUT2D eigenvalue weighted by molar-refractivity contribution is 5.86. The number of phenolic OH excluding ortho intramolecular Hbond substituents is 1. The second-order valence-corrected chi connectivity index (χ2v) is 7.95. The summed E-state index contributed by atoms with van der Waals surface area (Å²) in [5.74, 6) is -0.258. The van der Waals surface area contributed by atoms with Crippen LogP contribution in [-0.4, -0.2) is 70.8 Å². The summed E-state index contributed by atoms with van der Waals surface area (Å²) in [5.41, 5.74) is 0.0998.